The van der Waals surface area contributed by atoms with E-state index in [1.54, 1.807) is 37.5 Å². The molecule has 7 heteroatoms. The first-order chi connectivity index (χ1) is 14.4. The van der Waals surface area contributed by atoms with E-state index in [1.165, 1.54) is 10.4 Å². The number of carbonyl (C=O) groups is 1. The summed E-state index contributed by atoms with van der Waals surface area (Å²) in [5.74, 6) is 0.566. The number of aromatic nitrogens is 1. The van der Waals surface area contributed by atoms with Crippen LogP contribution < -0.4 is 5.73 Å². The summed E-state index contributed by atoms with van der Waals surface area (Å²) in [6.45, 7) is 15.4. The van der Waals surface area contributed by atoms with Crippen LogP contribution in [0.5, 0.6) is 0 Å². The molecular formula is C24H33N5OS. The van der Waals surface area contributed by atoms with Gasteiger partial charge >= 0.3 is 0 Å². The minimum Gasteiger partial charge on any atom is -0.383 e. The summed E-state index contributed by atoms with van der Waals surface area (Å²) in [5.41, 5.74) is 10.7. The van der Waals surface area contributed by atoms with Gasteiger partial charge in [0.05, 0.1) is 0 Å². The lowest BCUT2D eigenvalue weighted by atomic mass is 9.90. The Bertz CT molecular complexity index is 1000. The molecule has 2 aromatic heterocycles. The van der Waals surface area contributed by atoms with Gasteiger partial charge in [-0.05, 0) is 43.5 Å². The van der Waals surface area contributed by atoms with E-state index in [0.717, 1.165) is 37.2 Å². The van der Waals surface area contributed by atoms with Gasteiger partial charge < -0.3 is 16.6 Å². The summed E-state index contributed by atoms with van der Waals surface area (Å²) in [7, 11) is 0. The fraction of sp³-hybridized carbons (Fsp3) is 0.417. The molecule has 0 saturated carbocycles. The van der Waals surface area contributed by atoms with Crippen LogP contribution in [-0.4, -0.2) is 33.6 Å². The summed E-state index contributed by atoms with van der Waals surface area (Å²) in [6, 6.07) is 1.95. The van der Waals surface area contributed by atoms with Crippen molar-refractivity contribution in [2.24, 2.45) is 5.41 Å². The number of rotatable bonds is 5. The highest BCUT2D eigenvalue weighted by Crippen LogP contribution is 2.29. The summed E-state index contributed by atoms with van der Waals surface area (Å²) < 4.78 is 0. The minimum atomic E-state index is -0.0260. The molecule has 3 heterocycles. The second-order valence-electron chi connectivity index (χ2n) is 8.84. The predicted molar refractivity (Wildman–Crippen MR) is 131 cm³/mol. The maximum atomic E-state index is 11.6. The Balaban J connectivity index is 0.000000366. The molecule has 0 spiro atoms. The van der Waals surface area contributed by atoms with E-state index in [9.17, 15) is 4.79 Å². The number of Topliss-reactive ketones (excluding diaryl/α,β-unsaturated/α-hetero) is 1. The number of anilines is 1. The molecule has 0 atom stereocenters. The van der Waals surface area contributed by atoms with Crippen molar-refractivity contribution >= 4 is 34.4 Å². The van der Waals surface area contributed by atoms with Crippen LogP contribution in [0.1, 0.15) is 66.5 Å². The third-order valence-electron chi connectivity index (χ3n) is 5.20. The van der Waals surface area contributed by atoms with Crippen molar-refractivity contribution in [1.29, 1.82) is 10.8 Å². The van der Waals surface area contributed by atoms with Crippen molar-refractivity contribution < 1.29 is 4.79 Å². The molecule has 0 amide bonds. The van der Waals surface area contributed by atoms with Gasteiger partial charge in [-0.15, -0.1) is 11.3 Å². The molecule has 0 saturated heterocycles. The molecule has 0 radical (unpaired) electrons. The minimum absolute atomic E-state index is 0.0260. The molecule has 3 rings (SSSR count). The Labute approximate surface area is 189 Å². The van der Waals surface area contributed by atoms with Crippen LogP contribution in [0.15, 0.2) is 30.3 Å². The number of carbonyl (C=O) groups excluding carboxylic acids is 1. The highest BCUT2D eigenvalue weighted by Gasteiger charge is 2.22. The van der Waals surface area contributed by atoms with Crippen molar-refractivity contribution in [2.75, 3.05) is 12.3 Å². The third-order valence-corrected chi connectivity index (χ3v) is 6.22. The van der Waals surface area contributed by atoms with E-state index in [0.29, 0.717) is 22.8 Å². The molecule has 1 aliphatic rings. The molecule has 0 unspecified atom stereocenters. The predicted octanol–water partition coefficient (Wildman–Crippen LogP) is 5.11. The maximum absolute atomic E-state index is 11.6. The number of hydrogen-bond donors (Lipinski definition) is 3. The molecule has 166 valence electrons. The average Bonchev–Trinajstić information content (AvgIpc) is 3.12. The van der Waals surface area contributed by atoms with Gasteiger partial charge in [-0.3, -0.25) is 9.69 Å². The largest absolute Gasteiger partial charge is 0.383 e. The topological polar surface area (TPSA) is 107 Å². The average molecular weight is 440 g/mol. The lowest BCUT2D eigenvalue weighted by Crippen LogP contribution is -2.29. The van der Waals surface area contributed by atoms with Gasteiger partial charge in [0.25, 0.3) is 0 Å². The van der Waals surface area contributed by atoms with Crippen LogP contribution in [0.3, 0.4) is 0 Å². The fourth-order valence-corrected chi connectivity index (χ4v) is 4.46. The summed E-state index contributed by atoms with van der Waals surface area (Å²) in [5, 5.41) is 17.0. The number of nitrogen functional groups attached to an aromatic ring is 1. The van der Waals surface area contributed by atoms with Crippen molar-refractivity contribution in [3.8, 4) is 0 Å². The van der Waals surface area contributed by atoms with E-state index < -0.39 is 0 Å². The smallest absolute Gasteiger partial charge is 0.160 e. The van der Waals surface area contributed by atoms with Crippen LogP contribution in [0.2, 0.25) is 0 Å². The Morgan fingerprint density at radius 1 is 1.32 bits per heavy atom. The number of allylic oxidation sites excluding steroid dienone is 1. The number of nitrogens with zero attached hydrogens (tertiary/aromatic N) is 2. The Hall–Kier alpha value is -2.64. The number of pyridine rings is 1. The van der Waals surface area contributed by atoms with Gasteiger partial charge in [0.2, 0.25) is 0 Å². The van der Waals surface area contributed by atoms with Gasteiger partial charge in [0.1, 0.15) is 5.82 Å². The van der Waals surface area contributed by atoms with E-state index in [4.69, 9.17) is 16.6 Å². The number of nitrogens with one attached hydrogen (secondary N) is 2. The summed E-state index contributed by atoms with van der Waals surface area (Å²) in [6.07, 6.45) is 4.28. The monoisotopic (exact) mass is 439 g/mol. The number of hydrogen-bond acceptors (Lipinski definition) is 7. The van der Waals surface area contributed by atoms with Crippen LogP contribution >= 0.6 is 11.3 Å². The lowest BCUT2D eigenvalue weighted by molar-refractivity contribution is 0.101. The molecule has 0 fully saturated rings. The normalized spacial score (nSPS) is 13.6. The van der Waals surface area contributed by atoms with E-state index in [1.807, 2.05) is 32.2 Å². The molecule has 0 aromatic carbocycles. The van der Waals surface area contributed by atoms with Crippen LogP contribution in [0.25, 0.3) is 0 Å². The van der Waals surface area contributed by atoms with Crippen molar-refractivity contribution in [3.05, 3.63) is 57.4 Å². The third kappa shape index (κ3) is 6.42. The number of nitrogens with two attached hydrogens (primary N) is 1. The standard InChI is InChI=1S/C17H20N4OS.C7H13N/c1-10(18)14-5-12(6-20-17(14)19)7-21-4-3-13-15(11(2)22)9-23-16(13)8-21;1-5-6(8)7(2,3)4/h5-6,9,18H,3-4,7-8H2,1-2H3,(H2,19,20);5,8H,1H2,2-4H3. The second kappa shape index (κ2) is 10.1. The Morgan fingerprint density at radius 2 is 2.00 bits per heavy atom. The Kier molecular flexibility index (Phi) is 8.03. The molecule has 31 heavy (non-hydrogen) atoms. The van der Waals surface area contributed by atoms with Crippen LogP contribution in [0.4, 0.5) is 5.82 Å². The first-order valence-corrected chi connectivity index (χ1v) is 11.2. The van der Waals surface area contributed by atoms with Gasteiger partial charge in [-0.1, -0.05) is 27.4 Å². The summed E-state index contributed by atoms with van der Waals surface area (Å²) in [4.78, 5) is 19.5. The second-order valence-corrected chi connectivity index (χ2v) is 9.80. The van der Waals surface area contributed by atoms with E-state index >= 15 is 0 Å². The van der Waals surface area contributed by atoms with Crippen LogP contribution in [0, 0.1) is 16.2 Å². The van der Waals surface area contributed by atoms with Crippen molar-refractivity contribution in [2.45, 2.75) is 54.1 Å². The molecule has 4 N–H and O–H groups in total. The zero-order valence-corrected chi connectivity index (χ0v) is 19.9. The van der Waals surface area contributed by atoms with E-state index in [-0.39, 0.29) is 11.2 Å². The van der Waals surface area contributed by atoms with Gasteiger partial charge in [-0.2, -0.15) is 0 Å². The first-order valence-electron chi connectivity index (χ1n) is 10.3. The quantitative estimate of drug-likeness (QED) is 0.444. The fourth-order valence-electron chi connectivity index (χ4n) is 3.28. The van der Waals surface area contributed by atoms with Crippen LogP contribution in [-0.2, 0) is 19.5 Å². The van der Waals surface area contributed by atoms with Crippen molar-refractivity contribution in [1.82, 2.24) is 9.88 Å². The summed E-state index contributed by atoms with van der Waals surface area (Å²) >= 11 is 1.67. The molecular weight excluding hydrogens is 406 g/mol. The van der Waals surface area contributed by atoms with Crippen molar-refractivity contribution in [3.63, 3.8) is 0 Å². The maximum Gasteiger partial charge on any atom is 0.160 e. The molecule has 2 aromatic rings. The molecule has 0 bridgehead atoms. The lowest BCUT2D eigenvalue weighted by Gasteiger charge is -2.27. The first kappa shape index (κ1) is 24.6. The van der Waals surface area contributed by atoms with Gasteiger partial charge in [0.15, 0.2) is 5.78 Å². The zero-order chi connectivity index (χ0) is 23.3. The molecule has 0 aliphatic carbocycles. The highest BCUT2D eigenvalue weighted by atomic mass is 32.1. The number of fused-ring (bicyclic) bond motifs is 1. The SMILES string of the molecule is C=CC(=N)C(C)(C)C.CC(=N)c1cc(CN2CCc3c(C(C)=O)csc3C2)cnc1N. The number of thiophene rings is 1. The van der Waals surface area contributed by atoms with E-state index in [2.05, 4.69) is 16.5 Å². The Morgan fingerprint density at radius 3 is 2.52 bits per heavy atom. The van der Waals surface area contributed by atoms with Gasteiger partial charge in [-0.25, -0.2) is 4.98 Å². The molecule has 1 aliphatic heterocycles. The highest BCUT2D eigenvalue weighted by molar-refractivity contribution is 7.10. The zero-order valence-electron chi connectivity index (χ0n) is 19.1. The van der Waals surface area contributed by atoms with Gasteiger partial charge in [0, 0.05) is 64.1 Å². The molecule has 6 nitrogen and oxygen atoms in total. The number of ketones is 1.